The molecule has 0 atom stereocenters. The van der Waals surface area contributed by atoms with Gasteiger partial charge in [0.15, 0.2) is 17.5 Å². The van der Waals surface area contributed by atoms with Crippen LogP contribution in [0.4, 0.5) is 5.69 Å². The molecule has 128 valence electrons. The number of hydrogen-bond donors (Lipinski definition) is 2. The van der Waals surface area contributed by atoms with Crippen LogP contribution in [0.2, 0.25) is 0 Å². The lowest BCUT2D eigenvalue weighted by molar-refractivity contribution is 0.355. The van der Waals surface area contributed by atoms with Gasteiger partial charge in [0, 0.05) is 11.8 Å². The van der Waals surface area contributed by atoms with E-state index in [1.54, 1.807) is 33.5 Å². The summed E-state index contributed by atoms with van der Waals surface area (Å²) in [4.78, 5) is 4.33. The number of hydrogen-bond acceptors (Lipinski definition) is 4. The van der Waals surface area contributed by atoms with Crippen LogP contribution >= 0.6 is 15.9 Å². The van der Waals surface area contributed by atoms with E-state index in [9.17, 15) is 0 Å². The molecule has 0 aromatic heterocycles. The van der Waals surface area contributed by atoms with Crippen molar-refractivity contribution in [1.82, 2.24) is 0 Å². The lowest BCUT2D eigenvalue weighted by atomic mass is 10.2. The first-order valence-corrected chi connectivity index (χ1v) is 7.98. The fourth-order valence-electron chi connectivity index (χ4n) is 2.09. The second kappa shape index (κ2) is 8.44. The van der Waals surface area contributed by atoms with Crippen molar-refractivity contribution < 1.29 is 14.2 Å². The largest absolute Gasteiger partial charge is 0.496 e. The van der Waals surface area contributed by atoms with Gasteiger partial charge < -0.3 is 25.3 Å². The van der Waals surface area contributed by atoms with E-state index < -0.39 is 0 Å². The number of anilines is 1. The topological polar surface area (TPSA) is 78.1 Å². The molecule has 0 aliphatic rings. The zero-order valence-corrected chi connectivity index (χ0v) is 15.4. The minimum atomic E-state index is 0.314. The Morgan fingerprint density at radius 2 is 1.67 bits per heavy atom. The summed E-state index contributed by atoms with van der Waals surface area (Å²) in [6.07, 6.45) is 0. The lowest BCUT2D eigenvalue weighted by Crippen LogP contribution is -2.22. The molecule has 0 saturated heterocycles. The molecule has 0 heterocycles. The fraction of sp³-hybridized carbons (Fsp3) is 0.235. The summed E-state index contributed by atoms with van der Waals surface area (Å²) >= 11 is 3.45. The predicted octanol–water partition coefficient (Wildman–Crippen LogP) is 3.40. The zero-order valence-electron chi connectivity index (χ0n) is 13.8. The molecule has 0 saturated carbocycles. The number of halogens is 1. The number of nitrogens with zero attached hydrogens (tertiary/aromatic N) is 1. The third-order valence-electron chi connectivity index (χ3n) is 3.30. The van der Waals surface area contributed by atoms with E-state index in [0.717, 1.165) is 21.5 Å². The maximum Gasteiger partial charge on any atom is 0.193 e. The van der Waals surface area contributed by atoms with Gasteiger partial charge in [-0.1, -0.05) is 6.07 Å². The Morgan fingerprint density at radius 1 is 1.00 bits per heavy atom. The molecule has 2 aromatic carbocycles. The molecule has 6 nitrogen and oxygen atoms in total. The molecule has 0 aliphatic carbocycles. The van der Waals surface area contributed by atoms with E-state index >= 15 is 0 Å². The highest BCUT2D eigenvalue weighted by molar-refractivity contribution is 9.10. The molecular formula is C17H20BrN3O3. The number of ether oxygens (including phenoxy) is 3. The Kier molecular flexibility index (Phi) is 6.31. The number of nitrogens with two attached hydrogens (primary N) is 1. The maximum atomic E-state index is 5.94. The van der Waals surface area contributed by atoms with Crippen LogP contribution in [0.25, 0.3) is 0 Å². The monoisotopic (exact) mass is 393 g/mol. The van der Waals surface area contributed by atoms with Gasteiger partial charge in [-0.15, -0.1) is 0 Å². The number of aliphatic imine (C=N–C) groups is 1. The normalized spacial score (nSPS) is 11.1. The minimum Gasteiger partial charge on any atom is -0.496 e. The van der Waals surface area contributed by atoms with Crippen molar-refractivity contribution in [2.24, 2.45) is 10.7 Å². The Balaban J connectivity index is 2.05. The summed E-state index contributed by atoms with van der Waals surface area (Å²) in [5.74, 6) is 2.37. The Morgan fingerprint density at radius 3 is 2.29 bits per heavy atom. The standard InChI is InChI=1S/C17H20BrN3O3/c1-22-14-6-4-11(8-13(14)18)10-20-17(19)21-12-5-7-15(23-2)16(9-12)24-3/h4-9H,10H2,1-3H3,(H3,19,20,21). The summed E-state index contributed by atoms with van der Waals surface area (Å²) in [7, 11) is 4.80. The number of guanidine groups is 1. The molecule has 0 fully saturated rings. The van der Waals surface area contributed by atoms with E-state index in [1.165, 1.54) is 0 Å². The van der Waals surface area contributed by atoms with Crippen molar-refractivity contribution in [1.29, 1.82) is 0 Å². The molecule has 2 rings (SSSR count). The third-order valence-corrected chi connectivity index (χ3v) is 3.92. The molecule has 0 amide bonds. The van der Waals surface area contributed by atoms with Gasteiger partial charge in [0.2, 0.25) is 0 Å². The van der Waals surface area contributed by atoms with Crippen LogP contribution in [0.3, 0.4) is 0 Å². The van der Waals surface area contributed by atoms with E-state index in [1.807, 2.05) is 24.3 Å². The lowest BCUT2D eigenvalue weighted by Gasteiger charge is -2.11. The van der Waals surface area contributed by atoms with Gasteiger partial charge in [-0.2, -0.15) is 0 Å². The van der Waals surface area contributed by atoms with Crippen LogP contribution < -0.4 is 25.3 Å². The van der Waals surface area contributed by atoms with Crippen molar-refractivity contribution in [2.45, 2.75) is 6.54 Å². The first kappa shape index (κ1) is 17.9. The molecule has 0 bridgehead atoms. The highest BCUT2D eigenvalue weighted by atomic mass is 79.9. The number of methoxy groups -OCH3 is 3. The Bertz CT molecular complexity index is 735. The molecule has 3 N–H and O–H groups in total. The molecule has 2 aromatic rings. The zero-order chi connectivity index (χ0) is 17.5. The SMILES string of the molecule is COc1ccc(CN=C(N)Nc2ccc(OC)c(OC)c2)cc1Br. The van der Waals surface area contributed by atoms with Gasteiger partial charge in [-0.25, -0.2) is 4.99 Å². The van der Waals surface area contributed by atoms with Gasteiger partial charge in [-0.05, 0) is 45.8 Å². The molecule has 0 spiro atoms. The second-order valence-corrected chi connectivity index (χ2v) is 5.72. The average Bonchev–Trinajstić information content (AvgIpc) is 2.60. The van der Waals surface area contributed by atoms with E-state index in [2.05, 4.69) is 26.2 Å². The van der Waals surface area contributed by atoms with Crippen molar-refractivity contribution >= 4 is 27.6 Å². The quantitative estimate of drug-likeness (QED) is 0.580. The van der Waals surface area contributed by atoms with Gasteiger partial charge >= 0.3 is 0 Å². The Hall–Kier alpha value is -2.41. The van der Waals surface area contributed by atoms with Crippen LogP contribution in [0, 0.1) is 0 Å². The molecule has 0 radical (unpaired) electrons. The van der Waals surface area contributed by atoms with E-state index in [-0.39, 0.29) is 0 Å². The maximum absolute atomic E-state index is 5.94. The predicted molar refractivity (Wildman–Crippen MR) is 99.2 cm³/mol. The van der Waals surface area contributed by atoms with Crippen LogP contribution in [0.1, 0.15) is 5.56 Å². The van der Waals surface area contributed by atoms with Gasteiger partial charge in [-0.3, -0.25) is 0 Å². The molecular weight excluding hydrogens is 374 g/mol. The molecule has 24 heavy (non-hydrogen) atoms. The average molecular weight is 394 g/mol. The number of benzene rings is 2. The van der Waals surface area contributed by atoms with Crippen molar-refractivity contribution in [3.63, 3.8) is 0 Å². The minimum absolute atomic E-state index is 0.314. The van der Waals surface area contributed by atoms with Crippen molar-refractivity contribution in [3.05, 3.63) is 46.4 Å². The molecule has 0 aliphatic heterocycles. The van der Waals surface area contributed by atoms with Crippen LogP contribution in [-0.4, -0.2) is 27.3 Å². The van der Waals surface area contributed by atoms with Gasteiger partial charge in [0.1, 0.15) is 5.75 Å². The fourth-order valence-corrected chi connectivity index (χ4v) is 2.67. The van der Waals surface area contributed by atoms with Gasteiger partial charge in [0.25, 0.3) is 0 Å². The molecule has 0 unspecified atom stereocenters. The summed E-state index contributed by atoms with van der Waals surface area (Å²) in [5, 5.41) is 3.03. The summed E-state index contributed by atoms with van der Waals surface area (Å²) < 4.78 is 16.5. The van der Waals surface area contributed by atoms with E-state index in [4.69, 9.17) is 19.9 Å². The van der Waals surface area contributed by atoms with Crippen molar-refractivity contribution in [2.75, 3.05) is 26.6 Å². The van der Waals surface area contributed by atoms with Crippen LogP contribution in [-0.2, 0) is 6.54 Å². The first-order valence-electron chi connectivity index (χ1n) is 7.18. The molecule has 7 heteroatoms. The summed E-state index contributed by atoms with van der Waals surface area (Å²) in [6.45, 7) is 0.453. The second-order valence-electron chi connectivity index (χ2n) is 4.87. The van der Waals surface area contributed by atoms with Crippen LogP contribution in [0.15, 0.2) is 45.9 Å². The highest BCUT2D eigenvalue weighted by Gasteiger charge is 2.05. The number of nitrogens with one attached hydrogen (secondary N) is 1. The Labute approximate surface area is 149 Å². The first-order chi connectivity index (χ1) is 11.6. The third kappa shape index (κ3) is 4.55. The summed E-state index contributed by atoms with van der Waals surface area (Å²) in [6, 6.07) is 11.2. The highest BCUT2D eigenvalue weighted by Crippen LogP contribution is 2.29. The number of rotatable bonds is 6. The van der Waals surface area contributed by atoms with Crippen LogP contribution in [0.5, 0.6) is 17.2 Å². The smallest absolute Gasteiger partial charge is 0.193 e. The van der Waals surface area contributed by atoms with E-state index in [0.29, 0.717) is 24.0 Å². The van der Waals surface area contributed by atoms with Gasteiger partial charge in [0.05, 0.1) is 32.3 Å². The van der Waals surface area contributed by atoms with Crippen molar-refractivity contribution in [3.8, 4) is 17.2 Å². The summed E-state index contributed by atoms with van der Waals surface area (Å²) in [5.41, 5.74) is 7.72.